The predicted molar refractivity (Wildman–Crippen MR) is 72.1 cm³/mol. The van der Waals surface area contributed by atoms with E-state index in [9.17, 15) is 4.79 Å². The van der Waals surface area contributed by atoms with Gasteiger partial charge in [-0.25, -0.2) is 0 Å². The summed E-state index contributed by atoms with van der Waals surface area (Å²) in [6.07, 6.45) is 1.12. The molecule has 3 nitrogen and oxygen atoms in total. The lowest BCUT2D eigenvalue weighted by molar-refractivity contribution is 0.0943. The number of rotatable bonds is 4. The number of carbonyl (C=O) groups excluding carboxylic acids is 1. The largest absolute Gasteiger partial charge is 0.330 e. The van der Waals surface area contributed by atoms with E-state index >= 15 is 0 Å². The lowest BCUT2D eigenvalue weighted by atomic mass is 10.1. The molecular weight excluding hydrogens is 280 g/mol. The van der Waals surface area contributed by atoms with Gasteiger partial charge in [0.1, 0.15) is 0 Å². The molecule has 4 heteroatoms. The molecule has 2 rings (SSSR count). The van der Waals surface area contributed by atoms with E-state index in [4.69, 9.17) is 5.73 Å². The molecule has 0 radical (unpaired) electrons. The number of nitrogens with zero attached hydrogens (tertiary/aromatic N) is 1. The first-order valence-corrected chi connectivity index (χ1v) is 6.69. The van der Waals surface area contributed by atoms with Crippen molar-refractivity contribution in [1.29, 1.82) is 0 Å². The first-order valence-electron chi connectivity index (χ1n) is 5.90. The molecule has 0 aliphatic carbocycles. The fraction of sp³-hybridized carbons (Fsp3) is 0.462. The van der Waals surface area contributed by atoms with Gasteiger partial charge in [-0.15, -0.1) is 0 Å². The van der Waals surface area contributed by atoms with Gasteiger partial charge in [0.15, 0.2) is 5.78 Å². The summed E-state index contributed by atoms with van der Waals surface area (Å²) in [5.74, 6) is 0.753. The Bertz CT molecular complexity index is 391. The molecule has 1 aromatic carbocycles. The molecule has 1 unspecified atom stereocenters. The van der Waals surface area contributed by atoms with Crippen LogP contribution in [0.25, 0.3) is 0 Å². The number of likely N-dealkylation sites (tertiary alicyclic amines) is 1. The number of benzene rings is 1. The van der Waals surface area contributed by atoms with Crippen LogP contribution in [0.4, 0.5) is 0 Å². The monoisotopic (exact) mass is 296 g/mol. The molecule has 17 heavy (non-hydrogen) atoms. The van der Waals surface area contributed by atoms with E-state index in [1.807, 2.05) is 24.3 Å². The van der Waals surface area contributed by atoms with Gasteiger partial charge in [0.25, 0.3) is 0 Å². The van der Waals surface area contributed by atoms with E-state index in [0.717, 1.165) is 36.1 Å². The smallest absolute Gasteiger partial charge is 0.176 e. The van der Waals surface area contributed by atoms with Crippen LogP contribution < -0.4 is 5.73 Å². The summed E-state index contributed by atoms with van der Waals surface area (Å²) in [7, 11) is 0. The van der Waals surface area contributed by atoms with Gasteiger partial charge in [0, 0.05) is 16.6 Å². The summed E-state index contributed by atoms with van der Waals surface area (Å²) in [6.45, 7) is 3.18. The van der Waals surface area contributed by atoms with Crippen LogP contribution in [0.15, 0.2) is 28.7 Å². The zero-order chi connectivity index (χ0) is 12.3. The van der Waals surface area contributed by atoms with Crippen LogP contribution in [0.3, 0.4) is 0 Å². The molecule has 1 aliphatic heterocycles. The molecule has 0 bridgehead atoms. The second kappa shape index (κ2) is 5.76. The molecule has 0 saturated carbocycles. The molecule has 0 spiro atoms. The van der Waals surface area contributed by atoms with Crippen molar-refractivity contribution in [3.63, 3.8) is 0 Å². The molecule has 1 fully saturated rings. The first kappa shape index (κ1) is 12.7. The highest BCUT2D eigenvalue weighted by molar-refractivity contribution is 9.10. The van der Waals surface area contributed by atoms with Gasteiger partial charge in [0.2, 0.25) is 0 Å². The van der Waals surface area contributed by atoms with E-state index in [2.05, 4.69) is 20.8 Å². The third-order valence-corrected chi connectivity index (χ3v) is 3.77. The van der Waals surface area contributed by atoms with Gasteiger partial charge in [0.05, 0.1) is 6.54 Å². The number of nitrogens with two attached hydrogens (primary N) is 1. The Morgan fingerprint density at radius 1 is 1.41 bits per heavy atom. The van der Waals surface area contributed by atoms with Crippen LogP contribution in [0.2, 0.25) is 0 Å². The molecule has 1 saturated heterocycles. The summed E-state index contributed by atoms with van der Waals surface area (Å²) in [6, 6.07) is 7.53. The van der Waals surface area contributed by atoms with Crippen molar-refractivity contribution in [3.05, 3.63) is 34.3 Å². The second-order valence-electron chi connectivity index (χ2n) is 4.56. The van der Waals surface area contributed by atoms with Gasteiger partial charge in [-0.1, -0.05) is 28.1 Å². The van der Waals surface area contributed by atoms with E-state index < -0.39 is 0 Å². The molecular formula is C13H17BrN2O. The van der Waals surface area contributed by atoms with Gasteiger partial charge in [-0.3, -0.25) is 9.69 Å². The summed E-state index contributed by atoms with van der Waals surface area (Å²) >= 11 is 3.36. The Balaban J connectivity index is 1.91. The van der Waals surface area contributed by atoms with Crippen LogP contribution in [-0.2, 0) is 0 Å². The van der Waals surface area contributed by atoms with Crippen LogP contribution in [0.1, 0.15) is 16.8 Å². The maximum absolute atomic E-state index is 12.0. The number of hydrogen-bond donors (Lipinski definition) is 1. The third kappa shape index (κ3) is 3.37. The maximum atomic E-state index is 12.0. The topological polar surface area (TPSA) is 46.3 Å². The Morgan fingerprint density at radius 2 is 2.12 bits per heavy atom. The minimum absolute atomic E-state index is 0.190. The Hall–Kier alpha value is -0.710. The average Bonchev–Trinajstić information content (AvgIpc) is 2.77. The van der Waals surface area contributed by atoms with E-state index in [-0.39, 0.29) is 5.78 Å². The van der Waals surface area contributed by atoms with Crippen molar-refractivity contribution in [2.24, 2.45) is 11.7 Å². The van der Waals surface area contributed by atoms with Crippen LogP contribution in [0.5, 0.6) is 0 Å². The molecule has 0 amide bonds. The van der Waals surface area contributed by atoms with Crippen molar-refractivity contribution in [2.45, 2.75) is 6.42 Å². The summed E-state index contributed by atoms with van der Waals surface area (Å²) in [5.41, 5.74) is 6.42. The third-order valence-electron chi connectivity index (χ3n) is 3.24. The Labute approximate surface area is 110 Å². The number of halogens is 1. The summed E-state index contributed by atoms with van der Waals surface area (Å²) in [4.78, 5) is 14.2. The molecule has 2 N–H and O–H groups in total. The van der Waals surface area contributed by atoms with Crippen LogP contribution >= 0.6 is 15.9 Å². The number of carbonyl (C=O) groups is 1. The minimum atomic E-state index is 0.190. The molecule has 1 heterocycles. The molecule has 0 aromatic heterocycles. The van der Waals surface area contributed by atoms with Crippen molar-refractivity contribution in [2.75, 3.05) is 26.2 Å². The van der Waals surface area contributed by atoms with Crippen molar-refractivity contribution in [1.82, 2.24) is 4.90 Å². The van der Waals surface area contributed by atoms with Crippen LogP contribution in [0, 0.1) is 5.92 Å². The lowest BCUT2D eigenvalue weighted by Gasteiger charge is -2.14. The fourth-order valence-corrected chi connectivity index (χ4v) is 2.44. The highest BCUT2D eigenvalue weighted by atomic mass is 79.9. The van der Waals surface area contributed by atoms with Crippen LogP contribution in [-0.4, -0.2) is 36.9 Å². The highest BCUT2D eigenvalue weighted by Crippen LogP contribution is 2.16. The highest BCUT2D eigenvalue weighted by Gasteiger charge is 2.23. The molecule has 1 atom stereocenters. The number of Topliss-reactive ketones (excluding diaryl/α,β-unsaturated/α-hetero) is 1. The normalized spacial score (nSPS) is 20.7. The van der Waals surface area contributed by atoms with E-state index in [0.29, 0.717) is 12.5 Å². The zero-order valence-corrected chi connectivity index (χ0v) is 11.3. The van der Waals surface area contributed by atoms with E-state index in [1.165, 1.54) is 0 Å². The van der Waals surface area contributed by atoms with Crippen molar-refractivity contribution >= 4 is 21.7 Å². The Morgan fingerprint density at radius 3 is 2.71 bits per heavy atom. The SMILES string of the molecule is NCC1CCN(CC(=O)c2ccc(Br)cc2)C1. The summed E-state index contributed by atoms with van der Waals surface area (Å²) in [5, 5.41) is 0. The van der Waals surface area contributed by atoms with Crippen molar-refractivity contribution < 1.29 is 4.79 Å². The second-order valence-corrected chi connectivity index (χ2v) is 5.47. The van der Waals surface area contributed by atoms with Gasteiger partial charge < -0.3 is 5.73 Å². The predicted octanol–water partition coefficient (Wildman–Crippen LogP) is 1.91. The van der Waals surface area contributed by atoms with Crippen molar-refractivity contribution in [3.8, 4) is 0 Å². The molecule has 1 aromatic rings. The maximum Gasteiger partial charge on any atom is 0.176 e. The van der Waals surface area contributed by atoms with Gasteiger partial charge >= 0.3 is 0 Å². The Kier molecular flexibility index (Phi) is 4.31. The fourth-order valence-electron chi connectivity index (χ4n) is 2.18. The van der Waals surface area contributed by atoms with E-state index in [1.54, 1.807) is 0 Å². The first-order chi connectivity index (χ1) is 8.19. The molecule has 1 aliphatic rings. The lowest BCUT2D eigenvalue weighted by Crippen LogP contribution is -2.29. The number of ketones is 1. The summed E-state index contributed by atoms with van der Waals surface area (Å²) < 4.78 is 0.999. The standard InChI is InChI=1S/C13H17BrN2O/c14-12-3-1-11(2-4-12)13(17)9-16-6-5-10(7-15)8-16/h1-4,10H,5-9,15H2. The number of hydrogen-bond acceptors (Lipinski definition) is 3. The van der Waals surface area contributed by atoms with Gasteiger partial charge in [-0.05, 0) is 37.6 Å². The minimum Gasteiger partial charge on any atom is -0.330 e. The quantitative estimate of drug-likeness (QED) is 0.864. The van der Waals surface area contributed by atoms with Gasteiger partial charge in [-0.2, -0.15) is 0 Å². The molecule has 92 valence electrons. The average molecular weight is 297 g/mol. The zero-order valence-electron chi connectivity index (χ0n) is 9.73.